The van der Waals surface area contributed by atoms with Gasteiger partial charge in [0, 0.05) is 69.3 Å². The summed E-state index contributed by atoms with van der Waals surface area (Å²) in [4.78, 5) is 13.9. The van der Waals surface area contributed by atoms with Gasteiger partial charge in [0.05, 0.1) is 63.6 Å². The summed E-state index contributed by atoms with van der Waals surface area (Å²) in [7, 11) is -0.589. The molecule has 2 aliphatic heterocycles. The third-order valence-electron chi connectivity index (χ3n) is 15.0. The first kappa shape index (κ1) is 52.9. The quantitative estimate of drug-likeness (QED) is 0.0854. The summed E-state index contributed by atoms with van der Waals surface area (Å²) < 4.78 is 52.3. The number of aliphatic hydroxyl groups excluding tert-OH is 1. The van der Waals surface area contributed by atoms with Crippen molar-refractivity contribution in [1.29, 1.82) is 0 Å². The molecular weight excluding hydrogens is 849 g/mol. The molecule has 2 aromatic carbocycles. The lowest BCUT2D eigenvalue weighted by Gasteiger charge is -2.45. The van der Waals surface area contributed by atoms with E-state index in [9.17, 15) is 9.90 Å². The van der Waals surface area contributed by atoms with Crippen LogP contribution in [-0.2, 0) is 50.9 Å². The van der Waals surface area contributed by atoms with Gasteiger partial charge in [0.1, 0.15) is 11.5 Å². The van der Waals surface area contributed by atoms with Crippen LogP contribution < -0.4 is 4.74 Å². The Balaban J connectivity index is 1.08. The van der Waals surface area contributed by atoms with Crippen LogP contribution in [0.3, 0.4) is 0 Å². The molecular formula is C55H86O10Si. The minimum atomic E-state index is -2.27. The van der Waals surface area contributed by atoms with Crippen LogP contribution >= 0.6 is 0 Å². The Morgan fingerprint density at radius 3 is 2.08 bits per heavy atom. The molecule has 0 bridgehead atoms. The zero-order valence-corrected chi connectivity index (χ0v) is 43.3. The summed E-state index contributed by atoms with van der Waals surface area (Å²) in [6.07, 6.45) is 13.1. The minimum absolute atomic E-state index is 0.0135. The van der Waals surface area contributed by atoms with E-state index in [1.54, 1.807) is 7.11 Å². The summed E-state index contributed by atoms with van der Waals surface area (Å²) in [5.74, 6) is 0.214. The van der Waals surface area contributed by atoms with Crippen LogP contribution in [0, 0.1) is 17.8 Å². The second-order valence-electron chi connectivity index (χ2n) is 22.2. The van der Waals surface area contributed by atoms with E-state index in [1.165, 1.54) is 0 Å². The van der Waals surface area contributed by atoms with Gasteiger partial charge in [-0.15, -0.1) is 0 Å². The van der Waals surface area contributed by atoms with Gasteiger partial charge in [0.15, 0.2) is 19.9 Å². The average Bonchev–Trinajstić information content (AvgIpc) is 3.91. The molecule has 0 amide bonds. The van der Waals surface area contributed by atoms with Crippen molar-refractivity contribution in [2.75, 3.05) is 13.7 Å². The number of methoxy groups -OCH3 is 1. The van der Waals surface area contributed by atoms with Gasteiger partial charge in [-0.25, -0.2) is 0 Å². The second-order valence-corrected chi connectivity index (χ2v) is 26.9. The minimum Gasteiger partial charge on any atom is -0.497 e. The normalized spacial score (nSPS) is 25.6. The molecule has 2 saturated carbocycles. The molecule has 0 unspecified atom stereocenters. The van der Waals surface area contributed by atoms with Gasteiger partial charge in [-0.2, -0.15) is 0 Å². The van der Waals surface area contributed by atoms with Crippen molar-refractivity contribution in [3.05, 3.63) is 77.9 Å². The number of hydrogen-bond acceptors (Lipinski definition) is 10. The van der Waals surface area contributed by atoms with Crippen LogP contribution in [-0.4, -0.2) is 87.2 Å². The molecule has 10 nitrogen and oxygen atoms in total. The number of rotatable bonds is 23. The molecule has 370 valence electrons. The monoisotopic (exact) mass is 935 g/mol. The van der Waals surface area contributed by atoms with Gasteiger partial charge in [-0.05, 0) is 85.8 Å². The molecule has 66 heavy (non-hydrogen) atoms. The predicted molar refractivity (Wildman–Crippen MR) is 263 cm³/mol. The first-order chi connectivity index (χ1) is 31.4. The predicted octanol–water partition coefficient (Wildman–Crippen LogP) is 12.1. The van der Waals surface area contributed by atoms with E-state index in [1.807, 2.05) is 30.3 Å². The molecule has 0 radical (unpaired) electrons. The second kappa shape index (κ2) is 23.9. The Bertz CT molecular complexity index is 1780. The maximum atomic E-state index is 13.9. The first-order valence-electron chi connectivity index (χ1n) is 25.5. The molecule has 2 saturated heterocycles. The van der Waals surface area contributed by atoms with E-state index in [0.29, 0.717) is 51.4 Å². The number of benzene rings is 2. The molecule has 2 heterocycles. The van der Waals surface area contributed by atoms with E-state index < -0.39 is 26.0 Å². The fourth-order valence-electron chi connectivity index (χ4n) is 10.3. The lowest BCUT2D eigenvalue weighted by atomic mass is 9.92. The molecule has 9 atom stereocenters. The summed E-state index contributed by atoms with van der Waals surface area (Å²) in [5, 5.41) is 11.7. The van der Waals surface area contributed by atoms with Crippen LogP contribution in [0.2, 0.25) is 18.1 Å². The van der Waals surface area contributed by atoms with Crippen molar-refractivity contribution in [1.82, 2.24) is 0 Å². The number of ether oxygens (including phenoxy) is 7. The smallest absolute Gasteiger partial charge is 0.192 e. The van der Waals surface area contributed by atoms with Gasteiger partial charge in [0.25, 0.3) is 0 Å². The molecule has 2 aromatic rings. The Kier molecular flexibility index (Phi) is 19.2. The number of hydrogen-bond donors (Lipinski definition) is 1. The van der Waals surface area contributed by atoms with E-state index in [-0.39, 0.29) is 72.1 Å². The Labute approximate surface area is 399 Å². The molecule has 6 rings (SSSR count). The molecule has 4 fully saturated rings. The van der Waals surface area contributed by atoms with E-state index in [4.69, 9.17) is 37.6 Å². The van der Waals surface area contributed by atoms with Crippen molar-refractivity contribution in [2.24, 2.45) is 17.8 Å². The highest BCUT2D eigenvalue weighted by molar-refractivity contribution is 6.74. The van der Waals surface area contributed by atoms with Crippen LogP contribution in [0.4, 0.5) is 0 Å². The lowest BCUT2D eigenvalue weighted by Crippen LogP contribution is -2.50. The van der Waals surface area contributed by atoms with E-state index in [0.717, 1.165) is 68.2 Å². The van der Waals surface area contributed by atoms with E-state index in [2.05, 4.69) is 98.0 Å². The SMILES string of the molecule is COc1ccc(CO[C@@H](C(C)C)[C@@H](C)/C=C/[C@H]2C[C@@H](C[C@H](C[C@H](O)CC(=O)C[C@@H]3C[C@H]([C@@H](C)COCc4ccccc4)OC4(CCCC4)O3)O[Si](C)(C)C(C)(C)C)OC3(CCCC3)O2)cc1. The molecule has 1 N–H and O–H groups in total. The van der Waals surface area contributed by atoms with Crippen LogP contribution in [0.25, 0.3) is 0 Å². The highest BCUT2D eigenvalue weighted by atomic mass is 28.4. The van der Waals surface area contributed by atoms with Gasteiger partial charge < -0.3 is 42.7 Å². The summed E-state index contributed by atoms with van der Waals surface area (Å²) >= 11 is 0. The van der Waals surface area contributed by atoms with Crippen LogP contribution in [0.1, 0.15) is 149 Å². The Hall–Kier alpha value is -2.45. The van der Waals surface area contributed by atoms with E-state index >= 15 is 0 Å². The van der Waals surface area contributed by atoms with Crippen molar-refractivity contribution in [2.45, 2.75) is 224 Å². The third-order valence-corrected chi connectivity index (χ3v) is 19.5. The number of carbonyl (C=O) groups excluding carboxylic acids is 1. The Morgan fingerprint density at radius 2 is 1.45 bits per heavy atom. The van der Waals surface area contributed by atoms with Crippen molar-refractivity contribution in [3.63, 3.8) is 0 Å². The fourth-order valence-corrected chi connectivity index (χ4v) is 11.7. The number of Topliss-reactive ketones (excluding diaryl/α,β-unsaturated/α-hetero) is 1. The average molecular weight is 935 g/mol. The fraction of sp³-hybridized carbons (Fsp3) is 0.727. The first-order valence-corrected chi connectivity index (χ1v) is 28.4. The summed E-state index contributed by atoms with van der Waals surface area (Å²) in [5.41, 5.74) is 2.26. The molecule has 11 heteroatoms. The lowest BCUT2D eigenvalue weighted by molar-refractivity contribution is -0.322. The van der Waals surface area contributed by atoms with Gasteiger partial charge >= 0.3 is 0 Å². The highest BCUT2D eigenvalue weighted by Crippen LogP contribution is 2.45. The van der Waals surface area contributed by atoms with Crippen molar-refractivity contribution >= 4 is 14.1 Å². The maximum Gasteiger partial charge on any atom is 0.192 e. The number of ketones is 1. The Morgan fingerprint density at radius 1 is 0.833 bits per heavy atom. The zero-order valence-electron chi connectivity index (χ0n) is 42.3. The van der Waals surface area contributed by atoms with Crippen molar-refractivity contribution < 1.29 is 47.5 Å². The number of carbonyl (C=O) groups is 1. The molecule has 2 aliphatic carbocycles. The molecule has 0 aromatic heterocycles. The third kappa shape index (κ3) is 15.3. The summed E-state index contributed by atoms with van der Waals surface area (Å²) in [6.45, 7) is 21.8. The summed E-state index contributed by atoms with van der Waals surface area (Å²) in [6, 6.07) is 18.3. The largest absolute Gasteiger partial charge is 0.497 e. The molecule has 2 spiro atoms. The highest BCUT2D eigenvalue weighted by Gasteiger charge is 2.48. The van der Waals surface area contributed by atoms with Crippen LogP contribution in [0.15, 0.2) is 66.7 Å². The van der Waals surface area contributed by atoms with Gasteiger partial charge in [0.2, 0.25) is 0 Å². The zero-order chi connectivity index (χ0) is 47.5. The van der Waals surface area contributed by atoms with Gasteiger partial charge in [-0.1, -0.05) is 103 Å². The van der Waals surface area contributed by atoms with Crippen molar-refractivity contribution in [3.8, 4) is 5.75 Å². The maximum absolute atomic E-state index is 13.9. The topological polar surface area (TPSA) is 111 Å². The van der Waals surface area contributed by atoms with Crippen LogP contribution in [0.5, 0.6) is 5.75 Å². The number of aliphatic hydroxyl groups is 1. The standard InChI is InChI=1S/C55H86O10Si/c1-39(2)52(60-38-43-21-24-46(58-8)25-22-43)40(3)20-23-47-33-49(63-54(61-47)26-14-15-27-54)34-50(65-66(9,10)53(5,6)7)32-45(57)30-44(56)31-48-35-51(64-55(62-48)28-16-17-29-55)41(4)36-59-37-42-18-12-11-13-19-42/h11-13,18-25,39-41,45,47-52,57H,14-17,26-38H2,1-10H3/b23-20+/t40-,41-,45+,47-,48+,49-,50-,51+,52-/m0/s1. The van der Waals surface area contributed by atoms with Gasteiger partial charge in [-0.3, -0.25) is 4.79 Å². The molecule has 4 aliphatic rings.